The molecule has 0 aliphatic heterocycles. The van der Waals surface area contributed by atoms with Gasteiger partial charge in [0.15, 0.2) is 0 Å². The van der Waals surface area contributed by atoms with Crippen molar-refractivity contribution in [1.29, 1.82) is 0 Å². The van der Waals surface area contributed by atoms with Crippen molar-refractivity contribution >= 4 is 33.2 Å². The maximum Gasteiger partial charge on any atom is 0.261 e. The molecule has 1 aliphatic carbocycles. The van der Waals surface area contributed by atoms with E-state index >= 15 is 0 Å². The van der Waals surface area contributed by atoms with E-state index in [1.165, 1.54) is 36.4 Å². The summed E-state index contributed by atoms with van der Waals surface area (Å²) in [6.07, 6.45) is 1.67. The van der Waals surface area contributed by atoms with Crippen molar-refractivity contribution < 1.29 is 17.6 Å². The van der Waals surface area contributed by atoms with E-state index in [1.54, 1.807) is 23.1 Å². The number of nitrogens with zero attached hydrogens (tertiary/aromatic N) is 1. The number of nitrogens with one attached hydrogen (secondary N) is 1. The van der Waals surface area contributed by atoms with E-state index in [-0.39, 0.29) is 34.0 Å². The molecule has 5 nitrogen and oxygen atoms in total. The Bertz CT molecular complexity index is 1290. The summed E-state index contributed by atoms with van der Waals surface area (Å²) >= 11 is 6.16. The van der Waals surface area contributed by atoms with Gasteiger partial charge in [-0.15, -0.1) is 0 Å². The number of halogens is 2. The number of rotatable bonds is 7. The van der Waals surface area contributed by atoms with Gasteiger partial charge in [-0.1, -0.05) is 29.8 Å². The Hall–Kier alpha value is -2.90. The van der Waals surface area contributed by atoms with E-state index in [9.17, 15) is 17.6 Å². The van der Waals surface area contributed by atoms with Gasteiger partial charge in [0.2, 0.25) is 0 Å². The van der Waals surface area contributed by atoms with Crippen LogP contribution in [-0.2, 0) is 16.6 Å². The van der Waals surface area contributed by atoms with Crippen molar-refractivity contribution in [3.63, 3.8) is 0 Å². The van der Waals surface area contributed by atoms with Gasteiger partial charge < -0.3 is 4.90 Å². The maximum absolute atomic E-state index is 14.3. The van der Waals surface area contributed by atoms with Crippen molar-refractivity contribution in [2.75, 3.05) is 4.72 Å². The molecule has 1 fully saturated rings. The number of hydrogen-bond acceptors (Lipinski definition) is 3. The summed E-state index contributed by atoms with van der Waals surface area (Å²) in [5, 5.41) is 0.271. The summed E-state index contributed by atoms with van der Waals surface area (Å²) in [5.41, 5.74) is 2.94. The van der Waals surface area contributed by atoms with Crippen LogP contribution in [0.15, 0.2) is 65.6 Å². The van der Waals surface area contributed by atoms with Crippen LogP contribution in [0.1, 0.15) is 39.9 Å². The first-order chi connectivity index (χ1) is 15.7. The van der Waals surface area contributed by atoms with Crippen LogP contribution in [0.4, 0.5) is 10.1 Å². The summed E-state index contributed by atoms with van der Waals surface area (Å²) < 4.78 is 42.6. The van der Waals surface area contributed by atoms with Gasteiger partial charge in [0, 0.05) is 22.2 Å². The highest BCUT2D eigenvalue weighted by Crippen LogP contribution is 2.32. The van der Waals surface area contributed by atoms with Crippen LogP contribution >= 0.6 is 11.6 Å². The molecule has 0 atom stereocenters. The molecule has 1 saturated carbocycles. The minimum atomic E-state index is -3.82. The summed E-state index contributed by atoms with van der Waals surface area (Å²) in [7, 11) is -3.82. The minimum Gasteiger partial charge on any atom is -0.331 e. The van der Waals surface area contributed by atoms with Gasteiger partial charge in [0.05, 0.1) is 17.1 Å². The first-order valence-electron chi connectivity index (χ1n) is 10.6. The van der Waals surface area contributed by atoms with E-state index in [1.807, 2.05) is 19.9 Å². The molecular formula is C25H24ClFN2O3S. The van der Waals surface area contributed by atoms with Gasteiger partial charge in [0.1, 0.15) is 5.82 Å². The molecule has 172 valence electrons. The first-order valence-corrected chi connectivity index (χ1v) is 12.5. The normalized spacial score (nSPS) is 13.6. The van der Waals surface area contributed by atoms with E-state index in [0.717, 1.165) is 24.0 Å². The Morgan fingerprint density at radius 1 is 1.06 bits per heavy atom. The topological polar surface area (TPSA) is 66.5 Å². The summed E-state index contributed by atoms with van der Waals surface area (Å²) in [4.78, 5) is 14.8. The van der Waals surface area contributed by atoms with Crippen LogP contribution in [0.25, 0.3) is 0 Å². The van der Waals surface area contributed by atoms with Crippen LogP contribution in [0.5, 0.6) is 0 Å². The third-order valence-corrected chi connectivity index (χ3v) is 7.63. The second-order valence-corrected chi connectivity index (χ2v) is 10.3. The second kappa shape index (κ2) is 9.15. The molecule has 0 saturated heterocycles. The van der Waals surface area contributed by atoms with Gasteiger partial charge in [-0.05, 0) is 80.3 Å². The number of benzene rings is 3. The van der Waals surface area contributed by atoms with E-state index in [2.05, 4.69) is 4.72 Å². The molecule has 0 spiro atoms. The average molecular weight is 487 g/mol. The smallest absolute Gasteiger partial charge is 0.261 e. The van der Waals surface area contributed by atoms with Gasteiger partial charge in [-0.3, -0.25) is 9.52 Å². The highest BCUT2D eigenvalue weighted by atomic mass is 35.5. The number of amides is 1. The molecule has 0 aromatic heterocycles. The SMILES string of the molecule is Cc1cccc(NS(=O)(=O)c2ccc(C(=O)N(Cc3c(F)cccc3Cl)C3CC3)cc2)c1C. The predicted octanol–water partition coefficient (Wildman–Crippen LogP) is 5.70. The second-order valence-electron chi connectivity index (χ2n) is 8.24. The average Bonchev–Trinajstić information content (AvgIpc) is 3.62. The highest BCUT2D eigenvalue weighted by Gasteiger charge is 2.34. The van der Waals surface area contributed by atoms with E-state index < -0.39 is 15.8 Å². The molecule has 1 amide bonds. The quantitative estimate of drug-likeness (QED) is 0.465. The van der Waals surface area contributed by atoms with Crippen molar-refractivity contribution in [3.05, 3.63) is 93.8 Å². The molecule has 3 aromatic carbocycles. The molecule has 0 heterocycles. The molecule has 1 N–H and O–H groups in total. The van der Waals surface area contributed by atoms with Crippen LogP contribution in [0.3, 0.4) is 0 Å². The van der Waals surface area contributed by atoms with Crippen LogP contribution in [-0.4, -0.2) is 25.3 Å². The maximum atomic E-state index is 14.3. The summed E-state index contributed by atoms with van der Waals surface area (Å²) in [6.45, 7) is 3.82. The Morgan fingerprint density at radius 3 is 2.36 bits per heavy atom. The van der Waals surface area contributed by atoms with Crippen molar-refractivity contribution in [2.45, 2.75) is 44.2 Å². The molecule has 1 aliphatic rings. The summed E-state index contributed by atoms with van der Waals surface area (Å²) in [6, 6.07) is 15.6. The monoisotopic (exact) mass is 486 g/mol. The molecular weight excluding hydrogens is 463 g/mol. The Balaban J connectivity index is 1.55. The Labute approximate surface area is 198 Å². The largest absolute Gasteiger partial charge is 0.331 e. The molecule has 8 heteroatoms. The summed E-state index contributed by atoms with van der Waals surface area (Å²) in [5.74, 6) is -0.747. The lowest BCUT2D eigenvalue weighted by atomic mass is 10.1. The number of sulfonamides is 1. The lowest BCUT2D eigenvalue weighted by molar-refractivity contribution is 0.0728. The van der Waals surface area contributed by atoms with Gasteiger partial charge in [0.25, 0.3) is 15.9 Å². The minimum absolute atomic E-state index is 0.0162. The lowest BCUT2D eigenvalue weighted by Gasteiger charge is -2.23. The highest BCUT2D eigenvalue weighted by molar-refractivity contribution is 7.92. The number of anilines is 1. The van der Waals surface area contributed by atoms with Gasteiger partial charge in [-0.25, -0.2) is 12.8 Å². The Morgan fingerprint density at radius 2 is 1.73 bits per heavy atom. The molecule has 0 radical (unpaired) electrons. The lowest BCUT2D eigenvalue weighted by Crippen LogP contribution is -2.33. The van der Waals surface area contributed by atoms with Crippen LogP contribution < -0.4 is 4.72 Å². The third-order valence-electron chi connectivity index (χ3n) is 5.90. The zero-order valence-corrected chi connectivity index (χ0v) is 19.9. The fourth-order valence-electron chi connectivity index (χ4n) is 3.61. The van der Waals surface area contributed by atoms with E-state index in [0.29, 0.717) is 11.3 Å². The van der Waals surface area contributed by atoms with Gasteiger partial charge >= 0.3 is 0 Å². The van der Waals surface area contributed by atoms with Crippen LogP contribution in [0, 0.1) is 19.7 Å². The first kappa shape index (κ1) is 23.3. The van der Waals surface area contributed by atoms with E-state index in [4.69, 9.17) is 11.6 Å². The molecule has 4 rings (SSSR count). The van der Waals surface area contributed by atoms with Crippen molar-refractivity contribution in [2.24, 2.45) is 0 Å². The third kappa shape index (κ3) is 5.04. The molecule has 3 aromatic rings. The number of aryl methyl sites for hydroxylation is 1. The van der Waals surface area contributed by atoms with Crippen LogP contribution in [0.2, 0.25) is 5.02 Å². The van der Waals surface area contributed by atoms with Gasteiger partial charge in [-0.2, -0.15) is 0 Å². The number of hydrogen-bond donors (Lipinski definition) is 1. The fourth-order valence-corrected chi connectivity index (χ4v) is 4.96. The number of carbonyl (C=O) groups excluding carboxylic acids is 1. The molecule has 0 bridgehead atoms. The zero-order valence-electron chi connectivity index (χ0n) is 18.3. The standard InChI is InChI=1S/C25H24ClFN2O3S/c1-16-5-3-8-24(17(16)2)28-33(31,32)20-13-9-18(10-14-20)25(30)29(19-11-12-19)15-21-22(26)6-4-7-23(21)27/h3-10,13-14,19,28H,11-12,15H2,1-2H3. The predicted molar refractivity (Wildman–Crippen MR) is 127 cm³/mol. The molecule has 0 unspecified atom stereocenters. The molecule has 33 heavy (non-hydrogen) atoms. The number of carbonyl (C=O) groups is 1. The fraction of sp³-hybridized carbons (Fsp3) is 0.240. The van der Waals surface area contributed by atoms with Crippen molar-refractivity contribution in [3.8, 4) is 0 Å². The zero-order chi connectivity index (χ0) is 23.8. The Kier molecular flexibility index (Phi) is 6.45. The van der Waals surface area contributed by atoms with Crippen molar-refractivity contribution in [1.82, 2.24) is 4.90 Å².